The number of halogens is 1. The SMILES string of the molecule is CN1C(=O)c2ccccc2Sc2cc(-c3noc(-c4ccc(F)cc4)n3)ccc21. The van der Waals surface area contributed by atoms with Crippen molar-refractivity contribution in [3.8, 4) is 22.8 Å². The number of hydrogen-bond donors (Lipinski definition) is 0. The van der Waals surface area contributed by atoms with Crippen molar-refractivity contribution in [3.05, 3.63) is 78.1 Å². The van der Waals surface area contributed by atoms with Crippen LogP contribution in [0, 0.1) is 5.82 Å². The molecule has 3 aromatic carbocycles. The van der Waals surface area contributed by atoms with Crippen LogP contribution in [-0.2, 0) is 0 Å². The number of fused-ring (bicyclic) bond motifs is 2. The second-order valence-electron chi connectivity index (χ2n) is 6.57. The summed E-state index contributed by atoms with van der Waals surface area (Å²) in [7, 11) is 1.77. The van der Waals surface area contributed by atoms with E-state index < -0.39 is 0 Å². The van der Waals surface area contributed by atoms with Crippen LogP contribution in [0.2, 0.25) is 0 Å². The van der Waals surface area contributed by atoms with Gasteiger partial charge in [-0.3, -0.25) is 4.79 Å². The van der Waals surface area contributed by atoms with E-state index in [1.165, 1.54) is 23.9 Å². The second-order valence-corrected chi connectivity index (χ2v) is 7.66. The van der Waals surface area contributed by atoms with E-state index in [1.807, 2.05) is 42.5 Å². The fourth-order valence-corrected chi connectivity index (χ4v) is 4.35. The largest absolute Gasteiger partial charge is 0.334 e. The maximum atomic E-state index is 13.1. The summed E-state index contributed by atoms with van der Waals surface area (Å²) in [5.74, 6) is 0.382. The van der Waals surface area contributed by atoms with Crippen molar-refractivity contribution in [1.82, 2.24) is 10.1 Å². The van der Waals surface area contributed by atoms with Crippen molar-refractivity contribution in [2.24, 2.45) is 0 Å². The number of hydrogen-bond acceptors (Lipinski definition) is 5. The van der Waals surface area contributed by atoms with E-state index >= 15 is 0 Å². The minimum absolute atomic E-state index is 0.0437. The third-order valence-corrected chi connectivity index (χ3v) is 5.86. The van der Waals surface area contributed by atoms with Gasteiger partial charge in [-0.2, -0.15) is 4.98 Å². The molecule has 0 saturated carbocycles. The summed E-state index contributed by atoms with van der Waals surface area (Å²) < 4.78 is 18.5. The van der Waals surface area contributed by atoms with Gasteiger partial charge in [-0.25, -0.2) is 4.39 Å². The van der Waals surface area contributed by atoms with Gasteiger partial charge < -0.3 is 9.42 Å². The fourth-order valence-electron chi connectivity index (χ4n) is 3.20. The molecule has 1 aliphatic rings. The van der Waals surface area contributed by atoms with Gasteiger partial charge in [-0.1, -0.05) is 29.1 Å². The Morgan fingerprint density at radius 2 is 1.72 bits per heavy atom. The van der Waals surface area contributed by atoms with E-state index in [9.17, 15) is 9.18 Å². The van der Waals surface area contributed by atoms with Crippen LogP contribution in [0.15, 0.2) is 81.0 Å². The lowest BCUT2D eigenvalue weighted by Crippen LogP contribution is -2.25. The molecule has 0 N–H and O–H groups in total. The third kappa shape index (κ3) is 3.09. The number of carbonyl (C=O) groups excluding carboxylic acids is 1. The maximum Gasteiger partial charge on any atom is 0.259 e. The zero-order valence-electron chi connectivity index (χ0n) is 15.3. The van der Waals surface area contributed by atoms with Gasteiger partial charge >= 0.3 is 0 Å². The van der Waals surface area contributed by atoms with Crippen molar-refractivity contribution in [2.45, 2.75) is 9.79 Å². The number of rotatable bonds is 2. The van der Waals surface area contributed by atoms with Crippen LogP contribution in [0.1, 0.15) is 10.4 Å². The summed E-state index contributed by atoms with van der Waals surface area (Å²) in [6.07, 6.45) is 0. The number of anilines is 1. The Labute approximate surface area is 170 Å². The van der Waals surface area contributed by atoms with Crippen LogP contribution in [0.3, 0.4) is 0 Å². The first kappa shape index (κ1) is 17.6. The Hall–Kier alpha value is -3.45. The lowest BCUT2D eigenvalue weighted by Gasteiger charge is -2.17. The number of carbonyl (C=O) groups is 1. The van der Waals surface area contributed by atoms with Crippen molar-refractivity contribution in [3.63, 3.8) is 0 Å². The maximum absolute atomic E-state index is 13.1. The number of amides is 1. The van der Waals surface area contributed by atoms with E-state index in [0.29, 0.717) is 22.8 Å². The molecule has 0 aliphatic carbocycles. The molecule has 7 heteroatoms. The molecule has 1 aromatic heterocycles. The smallest absolute Gasteiger partial charge is 0.259 e. The lowest BCUT2D eigenvalue weighted by molar-refractivity contribution is 0.0990. The van der Waals surface area contributed by atoms with Gasteiger partial charge in [0.05, 0.1) is 11.3 Å². The highest BCUT2D eigenvalue weighted by Gasteiger charge is 2.25. The van der Waals surface area contributed by atoms with Gasteiger partial charge in [0.15, 0.2) is 0 Å². The summed E-state index contributed by atoms with van der Waals surface area (Å²) in [6, 6.07) is 19.1. The minimum atomic E-state index is -0.324. The first-order valence-corrected chi connectivity index (χ1v) is 9.71. The Morgan fingerprint density at radius 3 is 2.55 bits per heavy atom. The molecular weight excluding hydrogens is 389 g/mol. The molecule has 0 fully saturated rings. The molecule has 2 heterocycles. The molecule has 0 saturated heterocycles. The van der Waals surface area contributed by atoms with Gasteiger partial charge in [0, 0.05) is 28.0 Å². The first-order chi connectivity index (χ1) is 14.1. The van der Waals surface area contributed by atoms with Crippen LogP contribution in [-0.4, -0.2) is 23.1 Å². The highest BCUT2D eigenvalue weighted by Crippen LogP contribution is 2.42. The molecule has 0 atom stereocenters. The van der Waals surface area contributed by atoms with Crippen LogP contribution < -0.4 is 4.90 Å². The molecule has 142 valence electrons. The molecule has 0 radical (unpaired) electrons. The molecule has 29 heavy (non-hydrogen) atoms. The monoisotopic (exact) mass is 403 g/mol. The van der Waals surface area contributed by atoms with Crippen LogP contribution >= 0.6 is 11.8 Å². The average molecular weight is 403 g/mol. The fraction of sp³-hybridized carbons (Fsp3) is 0.0455. The Morgan fingerprint density at radius 1 is 0.966 bits per heavy atom. The van der Waals surface area contributed by atoms with E-state index in [0.717, 1.165) is 21.0 Å². The first-order valence-electron chi connectivity index (χ1n) is 8.89. The average Bonchev–Trinajstić information content (AvgIpc) is 3.20. The van der Waals surface area contributed by atoms with E-state index in [2.05, 4.69) is 10.1 Å². The number of aromatic nitrogens is 2. The van der Waals surface area contributed by atoms with Crippen LogP contribution in [0.5, 0.6) is 0 Å². The molecule has 5 rings (SSSR count). The van der Waals surface area contributed by atoms with E-state index in [4.69, 9.17) is 4.52 Å². The standard InChI is InChI=1S/C22H14FN3O2S/c1-26-17-11-8-14(12-19(17)29-18-5-3-2-4-16(18)22(26)27)20-24-21(28-25-20)13-6-9-15(23)10-7-13/h2-12H,1H3. The van der Waals surface area contributed by atoms with Crippen molar-refractivity contribution < 1.29 is 13.7 Å². The topological polar surface area (TPSA) is 59.2 Å². The molecule has 1 amide bonds. The Bertz CT molecular complexity index is 1240. The Kier molecular flexibility index (Phi) is 4.17. The molecule has 0 spiro atoms. The normalized spacial score (nSPS) is 13.0. The number of nitrogens with zero attached hydrogens (tertiary/aromatic N) is 3. The van der Waals surface area contributed by atoms with Gasteiger partial charge in [-0.15, -0.1) is 0 Å². The van der Waals surface area contributed by atoms with E-state index in [1.54, 1.807) is 24.1 Å². The molecule has 0 bridgehead atoms. The summed E-state index contributed by atoms with van der Waals surface area (Å²) in [5, 5.41) is 4.07. The Balaban J connectivity index is 1.54. The van der Waals surface area contributed by atoms with Gasteiger partial charge in [-0.05, 0) is 54.6 Å². The molecule has 1 aliphatic heterocycles. The summed E-state index contributed by atoms with van der Waals surface area (Å²) in [4.78, 5) is 20.7. The van der Waals surface area contributed by atoms with Gasteiger partial charge in [0.1, 0.15) is 5.82 Å². The predicted molar refractivity (Wildman–Crippen MR) is 108 cm³/mol. The van der Waals surface area contributed by atoms with Crippen molar-refractivity contribution >= 4 is 23.4 Å². The van der Waals surface area contributed by atoms with Crippen molar-refractivity contribution in [1.29, 1.82) is 0 Å². The third-order valence-electron chi connectivity index (χ3n) is 4.74. The zero-order chi connectivity index (χ0) is 20.0. The quantitative estimate of drug-likeness (QED) is 0.455. The summed E-state index contributed by atoms with van der Waals surface area (Å²) >= 11 is 1.53. The van der Waals surface area contributed by atoms with Crippen LogP contribution in [0.25, 0.3) is 22.8 Å². The zero-order valence-corrected chi connectivity index (χ0v) is 16.1. The number of benzene rings is 3. The van der Waals surface area contributed by atoms with Gasteiger partial charge in [0.2, 0.25) is 5.82 Å². The summed E-state index contributed by atoms with van der Waals surface area (Å²) in [5.41, 5.74) is 2.92. The second kappa shape index (κ2) is 6.86. The van der Waals surface area contributed by atoms with Crippen molar-refractivity contribution in [2.75, 3.05) is 11.9 Å². The molecule has 4 aromatic rings. The minimum Gasteiger partial charge on any atom is -0.334 e. The van der Waals surface area contributed by atoms with Crippen LogP contribution in [0.4, 0.5) is 10.1 Å². The molecular formula is C22H14FN3O2S. The highest BCUT2D eigenvalue weighted by atomic mass is 32.2. The lowest BCUT2D eigenvalue weighted by atomic mass is 10.1. The molecule has 5 nitrogen and oxygen atoms in total. The molecule has 0 unspecified atom stereocenters. The highest BCUT2D eigenvalue weighted by molar-refractivity contribution is 7.99. The van der Waals surface area contributed by atoms with Gasteiger partial charge in [0.25, 0.3) is 11.8 Å². The van der Waals surface area contributed by atoms with E-state index in [-0.39, 0.29) is 11.7 Å². The summed E-state index contributed by atoms with van der Waals surface area (Å²) in [6.45, 7) is 0. The predicted octanol–water partition coefficient (Wildman–Crippen LogP) is 5.28.